The summed E-state index contributed by atoms with van der Waals surface area (Å²) in [6.45, 7) is 4.06. The van der Waals surface area contributed by atoms with E-state index in [2.05, 4.69) is 17.5 Å². The molecule has 0 saturated carbocycles. The van der Waals surface area contributed by atoms with E-state index >= 15 is 0 Å². The van der Waals surface area contributed by atoms with Crippen LogP contribution in [-0.2, 0) is 4.79 Å². The van der Waals surface area contributed by atoms with Crippen molar-refractivity contribution < 1.29 is 4.79 Å². The number of carbonyl (C=O) groups is 1. The predicted octanol–water partition coefficient (Wildman–Crippen LogP) is 5.32. The van der Waals surface area contributed by atoms with E-state index in [0.717, 1.165) is 24.1 Å². The third kappa shape index (κ3) is 7.60. The molecule has 1 rings (SSSR count). The Morgan fingerprint density at radius 1 is 1.09 bits per heavy atom. The standard InChI is InChI=1S/C18H27ClN2O/c1-3-4-5-6-7-8-9-14-18(22)21-20-15(2)16-12-10-11-13-17(16)19/h10-13H,3-9,14H2,1-2H3,(H,21,22)/b20-15+. The fourth-order valence-electron chi connectivity index (χ4n) is 2.26. The van der Waals surface area contributed by atoms with Crippen LogP contribution in [0.1, 0.15) is 70.8 Å². The number of rotatable bonds is 10. The van der Waals surface area contributed by atoms with Crippen LogP contribution in [0, 0.1) is 0 Å². The number of nitrogens with one attached hydrogen (secondary N) is 1. The highest BCUT2D eigenvalue weighted by atomic mass is 35.5. The van der Waals surface area contributed by atoms with Gasteiger partial charge in [0.2, 0.25) is 5.91 Å². The molecule has 4 heteroatoms. The number of hydrazone groups is 1. The molecule has 0 unspecified atom stereocenters. The van der Waals surface area contributed by atoms with Crippen LogP contribution in [-0.4, -0.2) is 11.6 Å². The molecule has 0 aromatic heterocycles. The van der Waals surface area contributed by atoms with Crippen molar-refractivity contribution in [3.63, 3.8) is 0 Å². The van der Waals surface area contributed by atoms with Gasteiger partial charge in [0.25, 0.3) is 0 Å². The SMILES string of the molecule is CCCCCCCCCC(=O)N/N=C(\C)c1ccccc1Cl. The first-order valence-electron chi connectivity index (χ1n) is 8.23. The van der Waals surface area contributed by atoms with Crippen LogP contribution in [0.5, 0.6) is 0 Å². The molecule has 0 aliphatic rings. The number of nitrogens with zero attached hydrogens (tertiary/aromatic N) is 1. The number of hydrogen-bond acceptors (Lipinski definition) is 2. The summed E-state index contributed by atoms with van der Waals surface area (Å²) in [4.78, 5) is 11.7. The number of amides is 1. The molecule has 1 aromatic carbocycles. The molecule has 3 nitrogen and oxygen atoms in total. The van der Waals surface area contributed by atoms with E-state index in [1.165, 1.54) is 32.1 Å². The Morgan fingerprint density at radius 2 is 1.73 bits per heavy atom. The van der Waals surface area contributed by atoms with Gasteiger partial charge >= 0.3 is 0 Å². The summed E-state index contributed by atoms with van der Waals surface area (Å²) < 4.78 is 0. The molecule has 1 N–H and O–H groups in total. The minimum absolute atomic E-state index is 0.0278. The van der Waals surface area contributed by atoms with Crippen molar-refractivity contribution in [2.45, 2.75) is 65.2 Å². The van der Waals surface area contributed by atoms with Gasteiger partial charge in [0.1, 0.15) is 0 Å². The number of benzene rings is 1. The van der Waals surface area contributed by atoms with Crippen LogP contribution in [0.25, 0.3) is 0 Å². The van der Waals surface area contributed by atoms with Crippen molar-refractivity contribution in [2.24, 2.45) is 5.10 Å². The van der Waals surface area contributed by atoms with Gasteiger partial charge in [0, 0.05) is 17.0 Å². The Kier molecular flexibility index (Phi) is 9.56. The maximum atomic E-state index is 11.7. The molecule has 0 heterocycles. The second-order valence-corrected chi connectivity index (χ2v) is 5.99. The predicted molar refractivity (Wildman–Crippen MR) is 94.4 cm³/mol. The van der Waals surface area contributed by atoms with Gasteiger partial charge in [-0.1, -0.05) is 75.2 Å². The fraction of sp³-hybridized carbons (Fsp3) is 0.556. The molecule has 0 spiro atoms. The number of carbonyl (C=O) groups excluding carboxylic acids is 1. The molecular formula is C18H27ClN2O. The lowest BCUT2D eigenvalue weighted by atomic mass is 10.1. The van der Waals surface area contributed by atoms with Crippen molar-refractivity contribution in [3.8, 4) is 0 Å². The summed E-state index contributed by atoms with van der Waals surface area (Å²) in [7, 11) is 0. The van der Waals surface area contributed by atoms with Gasteiger partial charge in [-0.05, 0) is 19.4 Å². The van der Waals surface area contributed by atoms with Crippen molar-refractivity contribution in [3.05, 3.63) is 34.9 Å². The van der Waals surface area contributed by atoms with Crippen molar-refractivity contribution in [1.29, 1.82) is 0 Å². The fourth-order valence-corrected chi connectivity index (χ4v) is 2.53. The van der Waals surface area contributed by atoms with Crippen LogP contribution in [0.4, 0.5) is 0 Å². The molecule has 22 heavy (non-hydrogen) atoms. The van der Waals surface area contributed by atoms with E-state index in [-0.39, 0.29) is 5.91 Å². The summed E-state index contributed by atoms with van der Waals surface area (Å²) in [6, 6.07) is 7.48. The van der Waals surface area contributed by atoms with Gasteiger partial charge in [-0.3, -0.25) is 4.79 Å². The van der Waals surface area contributed by atoms with Gasteiger partial charge in [0.05, 0.1) is 5.71 Å². The van der Waals surface area contributed by atoms with Crippen LogP contribution in [0.3, 0.4) is 0 Å². The zero-order chi connectivity index (χ0) is 16.2. The average molecular weight is 323 g/mol. The lowest BCUT2D eigenvalue weighted by Gasteiger charge is -2.05. The molecule has 0 aliphatic heterocycles. The second-order valence-electron chi connectivity index (χ2n) is 5.58. The maximum Gasteiger partial charge on any atom is 0.240 e. The Labute approximate surface area is 139 Å². The Balaban J connectivity index is 2.22. The van der Waals surface area contributed by atoms with E-state index in [4.69, 9.17) is 11.6 Å². The van der Waals surface area contributed by atoms with Crippen LogP contribution >= 0.6 is 11.6 Å². The molecule has 0 saturated heterocycles. The summed E-state index contributed by atoms with van der Waals surface area (Å²) in [5.74, 6) is -0.0278. The molecule has 0 aliphatic carbocycles. The summed E-state index contributed by atoms with van der Waals surface area (Å²) in [5, 5.41) is 4.77. The van der Waals surface area contributed by atoms with E-state index in [1.807, 2.05) is 31.2 Å². The summed E-state index contributed by atoms with van der Waals surface area (Å²) in [6.07, 6.45) is 8.97. The topological polar surface area (TPSA) is 41.5 Å². The molecule has 1 amide bonds. The molecule has 0 radical (unpaired) electrons. The zero-order valence-electron chi connectivity index (χ0n) is 13.7. The van der Waals surface area contributed by atoms with Crippen LogP contribution < -0.4 is 5.43 Å². The molecule has 0 bridgehead atoms. The molecule has 0 atom stereocenters. The molecular weight excluding hydrogens is 296 g/mol. The van der Waals surface area contributed by atoms with E-state index in [1.54, 1.807) is 0 Å². The average Bonchev–Trinajstić information content (AvgIpc) is 2.52. The van der Waals surface area contributed by atoms with Crippen LogP contribution in [0.15, 0.2) is 29.4 Å². The highest BCUT2D eigenvalue weighted by Crippen LogP contribution is 2.15. The van der Waals surface area contributed by atoms with Gasteiger partial charge in [-0.25, -0.2) is 5.43 Å². The lowest BCUT2D eigenvalue weighted by Crippen LogP contribution is -2.18. The quantitative estimate of drug-likeness (QED) is 0.353. The van der Waals surface area contributed by atoms with Crippen molar-refractivity contribution >= 4 is 23.2 Å². The smallest absolute Gasteiger partial charge is 0.240 e. The normalized spacial score (nSPS) is 11.5. The largest absolute Gasteiger partial charge is 0.273 e. The van der Waals surface area contributed by atoms with Crippen molar-refractivity contribution in [1.82, 2.24) is 5.43 Å². The Hall–Kier alpha value is -1.35. The maximum absolute atomic E-state index is 11.7. The second kappa shape index (κ2) is 11.2. The van der Waals surface area contributed by atoms with E-state index in [0.29, 0.717) is 11.4 Å². The molecule has 0 fully saturated rings. The Bertz CT molecular complexity index is 486. The zero-order valence-corrected chi connectivity index (χ0v) is 14.5. The first-order chi connectivity index (χ1) is 10.6. The van der Waals surface area contributed by atoms with Gasteiger partial charge in [-0.15, -0.1) is 0 Å². The summed E-state index contributed by atoms with van der Waals surface area (Å²) in [5.41, 5.74) is 4.18. The van der Waals surface area contributed by atoms with Crippen LogP contribution in [0.2, 0.25) is 5.02 Å². The number of unbranched alkanes of at least 4 members (excludes halogenated alkanes) is 6. The highest BCUT2D eigenvalue weighted by molar-refractivity contribution is 6.34. The third-order valence-corrected chi connectivity index (χ3v) is 3.95. The number of hydrogen-bond donors (Lipinski definition) is 1. The number of halogens is 1. The molecule has 1 aromatic rings. The molecule has 122 valence electrons. The third-order valence-electron chi connectivity index (χ3n) is 3.62. The minimum Gasteiger partial charge on any atom is -0.273 e. The van der Waals surface area contributed by atoms with Crippen molar-refractivity contribution in [2.75, 3.05) is 0 Å². The first-order valence-corrected chi connectivity index (χ1v) is 8.61. The van der Waals surface area contributed by atoms with Gasteiger partial charge in [-0.2, -0.15) is 5.10 Å². The summed E-state index contributed by atoms with van der Waals surface area (Å²) >= 11 is 6.10. The minimum atomic E-state index is -0.0278. The van der Waals surface area contributed by atoms with E-state index in [9.17, 15) is 4.79 Å². The van der Waals surface area contributed by atoms with Gasteiger partial charge < -0.3 is 0 Å². The Morgan fingerprint density at radius 3 is 2.41 bits per heavy atom. The monoisotopic (exact) mass is 322 g/mol. The highest BCUT2D eigenvalue weighted by Gasteiger charge is 2.04. The van der Waals surface area contributed by atoms with Gasteiger partial charge in [0.15, 0.2) is 0 Å². The lowest BCUT2D eigenvalue weighted by molar-refractivity contribution is -0.121. The van der Waals surface area contributed by atoms with E-state index < -0.39 is 0 Å². The first kappa shape index (κ1) is 18.7.